The number of quaternary nitrogens is 1. The molecule has 2 aliphatic heterocycles. The molecule has 0 saturated carbocycles. The van der Waals surface area contributed by atoms with Gasteiger partial charge in [0.1, 0.15) is 11.5 Å². The fourth-order valence-corrected chi connectivity index (χ4v) is 4.23. The molecule has 1 amide bonds. The number of benzene rings is 2. The Morgan fingerprint density at radius 2 is 1.79 bits per heavy atom. The lowest BCUT2D eigenvalue weighted by atomic mass is 9.98. The van der Waals surface area contributed by atoms with Crippen LogP contribution in [0.2, 0.25) is 5.02 Å². The number of aliphatic imine (C=N–C) groups is 1. The van der Waals surface area contributed by atoms with Crippen LogP contribution in [0.1, 0.15) is 31.1 Å². The molecule has 0 saturated heterocycles. The van der Waals surface area contributed by atoms with Crippen LogP contribution in [0.4, 0.5) is 5.69 Å². The number of ether oxygens (including phenoxy) is 3. The number of fused-ring (bicyclic) bond motifs is 1. The predicted octanol–water partition coefficient (Wildman–Crippen LogP) is 2.54. The van der Waals surface area contributed by atoms with Crippen LogP contribution < -0.4 is 24.4 Å². The van der Waals surface area contributed by atoms with Gasteiger partial charge in [-0.2, -0.15) is 4.48 Å². The van der Waals surface area contributed by atoms with Gasteiger partial charge in [0.2, 0.25) is 18.3 Å². The van der Waals surface area contributed by atoms with Crippen molar-refractivity contribution < 1.29 is 28.9 Å². The Morgan fingerprint density at radius 3 is 2.39 bits per heavy atom. The first kappa shape index (κ1) is 22.6. The summed E-state index contributed by atoms with van der Waals surface area (Å²) in [7, 11) is 1.39. The molecule has 1 unspecified atom stereocenters. The van der Waals surface area contributed by atoms with Crippen LogP contribution in [0.3, 0.4) is 0 Å². The number of carbonyl (C=O) groups excluding carboxylic acids is 2. The van der Waals surface area contributed by atoms with Crippen molar-refractivity contribution in [3.8, 4) is 11.5 Å². The van der Waals surface area contributed by atoms with Crippen molar-refractivity contribution in [2.75, 3.05) is 13.9 Å². The maximum Gasteiger partial charge on any atom is 0.411 e. The summed E-state index contributed by atoms with van der Waals surface area (Å²) in [6.45, 7) is 5.56. The molecule has 172 valence electrons. The lowest BCUT2D eigenvalue weighted by molar-refractivity contribution is -0.301. The van der Waals surface area contributed by atoms with E-state index in [9.17, 15) is 14.7 Å². The van der Waals surface area contributed by atoms with E-state index in [1.807, 2.05) is 20.8 Å². The van der Waals surface area contributed by atoms with Gasteiger partial charge >= 0.3 is 6.02 Å². The molecule has 0 aliphatic carbocycles. The largest absolute Gasteiger partial charge is 0.540 e. The molecule has 0 radical (unpaired) electrons. The Labute approximate surface area is 195 Å². The average molecular weight is 472 g/mol. The van der Waals surface area contributed by atoms with Crippen LogP contribution in [0.5, 0.6) is 11.5 Å². The van der Waals surface area contributed by atoms with Gasteiger partial charge < -0.3 is 29.4 Å². The van der Waals surface area contributed by atoms with E-state index in [-0.39, 0.29) is 29.9 Å². The summed E-state index contributed by atoms with van der Waals surface area (Å²) in [6.07, 6.45) is 0. The van der Waals surface area contributed by atoms with Gasteiger partial charge in [-0.1, -0.05) is 11.6 Å². The molecule has 2 aliphatic rings. The Hall–Kier alpha value is -3.56. The van der Waals surface area contributed by atoms with Crippen molar-refractivity contribution in [1.29, 1.82) is 0 Å². The summed E-state index contributed by atoms with van der Waals surface area (Å²) in [4.78, 5) is 29.8. The minimum Gasteiger partial charge on any atom is -0.540 e. The molecule has 1 N–H and O–H groups in total. The Bertz CT molecular complexity index is 1200. The molecule has 0 bridgehead atoms. The number of amides is 1. The SMILES string of the molecule is COC1=NC(NC(=O)c2ccc(Cl)cc2)=C(C(=O)[O-])[N+]1(c1ccc2c(c1)OCO2)C(C)(C)C. The molecule has 4 rings (SSSR count). The highest BCUT2D eigenvalue weighted by atomic mass is 35.5. The molecule has 0 aromatic heterocycles. The third-order valence-electron chi connectivity index (χ3n) is 5.52. The fourth-order valence-electron chi connectivity index (χ4n) is 4.11. The van der Waals surface area contributed by atoms with Crippen molar-refractivity contribution in [2.24, 2.45) is 4.99 Å². The van der Waals surface area contributed by atoms with E-state index >= 15 is 0 Å². The van der Waals surface area contributed by atoms with Crippen molar-refractivity contribution in [3.05, 3.63) is 64.6 Å². The number of nitrogens with zero attached hydrogens (tertiary/aromatic N) is 2. The standard InChI is InChI=1S/C23H22ClN3O6/c1-23(2,3)27(15-9-10-16-17(11-15)33-12-32-16)18(21(29)30)19(26-22(27)31-4)25-20(28)13-5-7-14(24)8-6-13/h5-11H,12H2,1-4H3,(H-,25,28,29,30). The van der Waals surface area contributed by atoms with Crippen molar-refractivity contribution in [3.63, 3.8) is 0 Å². The van der Waals surface area contributed by atoms with E-state index in [1.165, 1.54) is 19.2 Å². The summed E-state index contributed by atoms with van der Waals surface area (Å²) in [5.74, 6) is -1.25. The zero-order chi connectivity index (χ0) is 24.0. The van der Waals surface area contributed by atoms with Crippen LogP contribution in [-0.2, 0) is 9.53 Å². The molecule has 2 heterocycles. The number of nitrogens with one attached hydrogen (secondary N) is 1. The molecule has 2 aromatic rings. The molecular weight excluding hydrogens is 450 g/mol. The van der Waals surface area contributed by atoms with Gasteiger partial charge in [-0.25, -0.2) is 0 Å². The highest BCUT2D eigenvalue weighted by Crippen LogP contribution is 2.47. The lowest BCUT2D eigenvalue weighted by Gasteiger charge is -2.44. The average Bonchev–Trinajstić information content (AvgIpc) is 3.35. The summed E-state index contributed by atoms with van der Waals surface area (Å²) >= 11 is 5.90. The quantitative estimate of drug-likeness (QED) is 0.686. The van der Waals surface area contributed by atoms with Crippen LogP contribution in [0.15, 0.2) is 59.0 Å². The maximum absolute atomic E-state index is 12.9. The van der Waals surface area contributed by atoms with Gasteiger partial charge in [-0.15, -0.1) is 4.99 Å². The monoisotopic (exact) mass is 471 g/mol. The van der Waals surface area contributed by atoms with Crippen LogP contribution in [0.25, 0.3) is 0 Å². The van der Waals surface area contributed by atoms with Crippen molar-refractivity contribution >= 4 is 35.2 Å². The summed E-state index contributed by atoms with van der Waals surface area (Å²) in [5, 5.41) is 15.6. The molecule has 1 atom stereocenters. The topological polar surface area (TPSA) is 109 Å². The Kier molecular flexibility index (Phi) is 5.55. The number of carbonyl (C=O) groups is 2. The number of amidine groups is 1. The van der Waals surface area contributed by atoms with Gasteiger partial charge in [-0.3, -0.25) is 4.79 Å². The molecule has 0 fully saturated rings. The Morgan fingerprint density at radius 1 is 1.12 bits per heavy atom. The smallest absolute Gasteiger partial charge is 0.411 e. The number of carboxylic acid groups (broad SMARTS) is 1. The molecule has 33 heavy (non-hydrogen) atoms. The first-order chi connectivity index (χ1) is 15.6. The zero-order valence-electron chi connectivity index (χ0n) is 18.5. The van der Waals surface area contributed by atoms with E-state index in [1.54, 1.807) is 30.3 Å². The first-order valence-electron chi connectivity index (χ1n) is 10.1. The fraction of sp³-hybridized carbons (Fsp3) is 0.261. The van der Waals surface area contributed by atoms with E-state index in [0.717, 1.165) is 0 Å². The second-order valence-electron chi connectivity index (χ2n) is 8.42. The number of carboxylic acids is 1. The second kappa shape index (κ2) is 8.09. The summed E-state index contributed by atoms with van der Waals surface area (Å²) in [5.41, 5.74) is -0.338. The molecule has 0 spiro atoms. The van der Waals surface area contributed by atoms with Crippen molar-refractivity contribution in [2.45, 2.75) is 26.3 Å². The van der Waals surface area contributed by atoms with Crippen molar-refractivity contribution in [1.82, 2.24) is 9.80 Å². The van der Waals surface area contributed by atoms with Gasteiger partial charge in [0.05, 0.1) is 7.11 Å². The first-order valence-corrected chi connectivity index (χ1v) is 10.4. The number of hydrogen-bond acceptors (Lipinski definition) is 7. The minimum atomic E-state index is -1.51. The number of hydrogen-bond donors (Lipinski definition) is 1. The summed E-state index contributed by atoms with van der Waals surface area (Å²) in [6, 6.07) is 11.3. The highest BCUT2D eigenvalue weighted by molar-refractivity contribution is 6.30. The predicted molar refractivity (Wildman–Crippen MR) is 120 cm³/mol. The van der Waals surface area contributed by atoms with Crippen LogP contribution in [0, 0.1) is 0 Å². The van der Waals surface area contributed by atoms with Crippen LogP contribution >= 0.6 is 11.6 Å². The highest BCUT2D eigenvalue weighted by Gasteiger charge is 2.58. The number of halogens is 1. The molecular formula is C23H22ClN3O6. The lowest BCUT2D eigenvalue weighted by Crippen LogP contribution is -2.66. The minimum absolute atomic E-state index is 0.0481. The number of rotatable bonds is 4. The molecule has 10 heteroatoms. The van der Waals surface area contributed by atoms with E-state index < -0.39 is 21.9 Å². The van der Waals surface area contributed by atoms with E-state index in [0.29, 0.717) is 22.2 Å². The normalized spacial score (nSPS) is 19.4. The van der Waals surface area contributed by atoms with E-state index in [4.69, 9.17) is 25.8 Å². The van der Waals surface area contributed by atoms with Gasteiger partial charge in [-0.05, 0) is 51.1 Å². The van der Waals surface area contributed by atoms with Gasteiger partial charge in [0.15, 0.2) is 17.2 Å². The third-order valence-corrected chi connectivity index (χ3v) is 5.77. The third kappa shape index (κ3) is 3.59. The molecule has 9 nitrogen and oxygen atoms in total. The van der Waals surface area contributed by atoms with Crippen LogP contribution in [-0.4, -0.2) is 37.3 Å². The zero-order valence-corrected chi connectivity index (χ0v) is 19.2. The van der Waals surface area contributed by atoms with Gasteiger partial charge in [0.25, 0.3) is 5.91 Å². The number of aliphatic carboxylic acids is 1. The van der Waals surface area contributed by atoms with Gasteiger partial charge in [0, 0.05) is 22.7 Å². The summed E-state index contributed by atoms with van der Waals surface area (Å²) < 4.78 is 16.0. The maximum atomic E-state index is 12.9. The Balaban J connectivity index is 1.90. The second-order valence-corrected chi connectivity index (χ2v) is 8.86. The molecule has 2 aromatic carbocycles. The number of methoxy groups -OCH3 is 1. The van der Waals surface area contributed by atoms with E-state index in [2.05, 4.69) is 10.3 Å².